The maximum Gasteiger partial charge on any atom is 0.337 e. The van der Waals surface area contributed by atoms with E-state index in [4.69, 9.17) is 18.9 Å². The second kappa shape index (κ2) is 17.3. The van der Waals surface area contributed by atoms with Crippen LogP contribution in [0.1, 0.15) is 59.9 Å². The van der Waals surface area contributed by atoms with Gasteiger partial charge in [-0.05, 0) is 73.2 Å². The molecule has 13 heteroatoms. The molecule has 0 radical (unpaired) electrons. The minimum Gasteiger partial charge on any atom is -0.493 e. The number of hydrogen-bond donors (Lipinski definition) is 3. The molecule has 0 amide bonds. The summed E-state index contributed by atoms with van der Waals surface area (Å²) in [5.74, 6) is -1.17. The van der Waals surface area contributed by atoms with Gasteiger partial charge in [0, 0.05) is 48.7 Å². The highest BCUT2D eigenvalue weighted by Gasteiger charge is 2.40. The lowest BCUT2D eigenvalue weighted by Gasteiger charge is -2.36. The number of methoxy groups -OCH3 is 1. The molecule has 268 valence electrons. The van der Waals surface area contributed by atoms with Crippen molar-refractivity contribution >= 4 is 17.6 Å². The molecule has 2 aromatic rings. The van der Waals surface area contributed by atoms with Crippen LogP contribution in [0.4, 0.5) is 5.69 Å². The van der Waals surface area contributed by atoms with E-state index in [0.717, 1.165) is 0 Å². The average Bonchev–Trinajstić information content (AvgIpc) is 3.01. The first-order valence-electron chi connectivity index (χ1n) is 16.3. The Hall–Kier alpha value is -4.46. The zero-order valence-electron chi connectivity index (χ0n) is 29.9. The molecule has 13 nitrogen and oxygen atoms in total. The molecule has 0 bridgehead atoms. The van der Waals surface area contributed by atoms with Gasteiger partial charge in [0.25, 0.3) is 5.69 Å². The Balaban J connectivity index is 1.89. The Morgan fingerprint density at radius 2 is 1.63 bits per heavy atom. The van der Waals surface area contributed by atoms with E-state index in [-0.39, 0.29) is 36.5 Å². The number of likely N-dealkylation sites (N-methyl/N-ethyl adjacent to an activating group) is 1. The molecule has 1 aliphatic heterocycles. The molecule has 0 fully saturated rings. The molecule has 2 atom stereocenters. The van der Waals surface area contributed by atoms with Gasteiger partial charge < -0.3 is 34.7 Å². The number of rotatable bonds is 17. The number of non-ortho nitro benzene ring substituents is 1. The maximum atomic E-state index is 13.9. The van der Waals surface area contributed by atoms with Crippen molar-refractivity contribution in [1.82, 2.24) is 15.5 Å². The lowest BCUT2D eigenvalue weighted by atomic mass is 9.80. The predicted molar refractivity (Wildman–Crippen MR) is 185 cm³/mol. The third kappa shape index (κ3) is 11.0. The number of carbonyl (C=O) groups is 2. The van der Waals surface area contributed by atoms with E-state index in [9.17, 15) is 24.8 Å². The number of nitrogens with one attached hydrogen (secondary N) is 2. The third-order valence-corrected chi connectivity index (χ3v) is 7.59. The number of β-amino-alcohol motifs (C(OH)–C–C–N with tert-alkyl or cyclic N) is 1. The quantitative estimate of drug-likeness (QED) is 0.122. The van der Waals surface area contributed by atoms with Crippen molar-refractivity contribution in [3.63, 3.8) is 0 Å². The van der Waals surface area contributed by atoms with Crippen LogP contribution in [0.25, 0.3) is 0 Å². The highest BCUT2D eigenvalue weighted by molar-refractivity contribution is 6.00. The molecule has 1 aliphatic rings. The number of nitrogens with zero attached hydrogens (tertiary/aromatic N) is 2. The van der Waals surface area contributed by atoms with Crippen LogP contribution >= 0.6 is 0 Å². The summed E-state index contributed by atoms with van der Waals surface area (Å²) >= 11 is 0. The minimum atomic E-state index is -0.994. The zero-order chi connectivity index (χ0) is 36.5. The van der Waals surface area contributed by atoms with Crippen LogP contribution in [0.3, 0.4) is 0 Å². The first-order valence-corrected chi connectivity index (χ1v) is 16.3. The largest absolute Gasteiger partial charge is 0.493 e. The van der Waals surface area contributed by atoms with Gasteiger partial charge in [-0.2, -0.15) is 0 Å². The molecular formula is C36H50N4O9. The molecule has 2 aromatic carbocycles. The number of hydrogen-bond acceptors (Lipinski definition) is 12. The average molecular weight is 683 g/mol. The second-order valence-corrected chi connectivity index (χ2v) is 13.3. The van der Waals surface area contributed by atoms with Gasteiger partial charge in [0.1, 0.15) is 12.7 Å². The lowest BCUT2D eigenvalue weighted by Crippen LogP contribution is -2.52. The minimum absolute atomic E-state index is 0.0592. The number of nitro benzene ring substituents is 1. The van der Waals surface area contributed by atoms with Crippen molar-refractivity contribution in [3.8, 4) is 11.5 Å². The van der Waals surface area contributed by atoms with Crippen molar-refractivity contribution in [2.75, 3.05) is 40.4 Å². The molecule has 3 rings (SSSR count). The van der Waals surface area contributed by atoms with E-state index in [1.165, 1.54) is 18.2 Å². The third-order valence-electron chi connectivity index (χ3n) is 7.59. The lowest BCUT2D eigenvalue weighted by molar-refractivity contribution is -0.384. The first kappa shape index (κ1) is 39.0. The van der Waals surface area contributed by atoms with E-state index >= 15 is 0 Å². The van der Waals surface area contributed by atoms with Gasteiger partial charge in [0.2, 0.25) is 0 Å². The van der Waals surface area contributed by atoms with Gasteiger partial charge in [0.15, 0.2) is 11.5 Å². The number of aliphatic hydroxyl groups is 1. The molecule has 1 heterocycles. The van der Waals surface area contributed by atoms with Crippen LogP contribution in [-0.2, 0) is 19.1 Å². The molecular weight excluding hydrogens is 632 g/mol. The fraction of sp³-hybridized carbons (Fsp3) is 0.500. The van der Waals surface area contributed by atoms with E-state index < -0.39 is 46.6 Å². The Morgan fingerprint density at radius 3 is 2.22 bits per heavy atom. The van der Waals surface area contributed by atoms with Crippen LogP contribution in [0.15, 0.2) is 71.1 Å². The van der Waals surface area contributed by atoms with Crippen molar-refractivity contribution in [1.29, 1.82) is 0 Å². The summed E-state index contributed by atoms with van der Waals surface area (Å²) in [6.45, 7) is 13.6. The Labute approximate surface area is 288 Å². The molecule has 0 saturated heterocycles. The number of carbonyl (C=O) groups excluding carboxylic acids is 2. The summed E-state index contributed by atoms with van der Waals surface area (Å²) in [7, 11) is 3.44. The summed E-state index contributed by atoms with van der Waals surface area (Å²) in [5, 5.41) is 29.0. The monoisotopic (exact) mass is 682 g/mol. The second-order valence-electron chi connectivity index (χ2n) is 13.3. The zero-order valence-corrected chi connectivity index (χ0v) is 29.9. The predicted octanol–water partition coefficient (Wildman–Crippen LogP) is 4.46. The number of nitro groups is 1. The van der Waals surface area contributed by atoms with Gasteiger partial charge in [-0.25, -0.2) is 9.59 Å². The van der Waals surface area contributed by atoms with E-state index in [1.54, 1.807) is 59.9 Å². The normalized spacial score (nSPS) is 15.7. The van der Waals surface area contributed by atoms with Crippen LogP contribution in [0.2, 0.25) is 0 Å². The van der Waals surface area contributed by atoms with Crippen LogP contribution in [-0.4, -0.2) is 91.1 Å². The molecule has 0 spiro atoms. The van der Waals surface area contributed by atoms with Crippen LogP contribution < -0.4 is 20.1 Å². The SMILES string of the molecule is COc1ccccc1OCC(O)CNC(C)(C)CN(C)CC1=C(C(=O)OC(C)C)C(c2cccc([N+](=O)[O-])c2)C(C(=O)OC(C)C)=C(C)N1. The molecule has 2 unspecified atom stereocenters. The van der Waals surface area contributed by atoms with Crippen molar-refractivity contribution in [2.45, 2.75) is 78.2 Å². The molecule has 49 heavy (non-hydrogen) atoms. The van der Waals surface area contributed by atoms with Gasteiger partial charge in [-0.3, -0.25) is 15.0 Å². The van der Waals surface area contributed by atoms with Crippen molar-refractivity contribution in [3.05, 3.63) is 86.7 Å². The smallest absolute Gasteiger partial charge is 0.337 e. The summed E-state index contributed by atoms with van der Waals surface area (Å²) < 4.78 is 22.3. The highest BCUT2D eigenvalue weighted by atomic mass is 16.6. The summed E-state index contributed by atoms with van der Waals surface area (Å²) in [6.07, 6.45) is -1.71. The van der Waals surface area contributed by atoms with Crippen molar-refractivity contribution in [2.24, 2.45) is 0 Å². The van der Waals surface area contributed by atoms with Crippen LogP contribution in [0, 0.1) is 10.1 Å². The van der Waals surface area contributed by atoms with Gasteiger partial charge in [-0.15, -0.1) is 0 Å². The Bertz CT molecular complexity index is 1550. The van der Waals surface area contributed by atoms with Crippen LogP contribution in [0.5, 0.6) is 11.5 Å². The highest BCUT2D eigenvalue weighted by Crippen LogP contribution is 2.41. The van der Waals surface area contributed by atoms with Gasteiger partial charge in [0.05, 0.1) is 41.3 Å². The van der Waals surface area contributed by atoms with E-state index in [1.807, 2.05) is 37.9 Å². The maximum absolute atomic E-state index is 13.9. The molecule has 0 saturated carbocycles. The standard InChI is InChI=1S/C36H50N4O9/c1-22(2)48-34(42)31-24(5)38-28(33(35(43)49-23(3)4)32(31)25-13-12-14-26(17-25)40(44)45)19-39(8)21-36(6,7)37-18-27(41)20-47-30-16-11-10-15-29(30)46-9/h10-17,22-23,27,32,37-38,41H,18-21H2,1-9H3. The summed E-state index contributed by atoms with van der Waals surface area (Å²) in [5.41, 5.74) is 0.993. The Morgan fingerprint density at radius 1 is 1.02 bits per heavy atom. The summed E-state index contributed by atoms with van der Waals surface area (Å²) in [4.78, 5) is 40.6. The van der Waals surface area contributed by atoms with E-state index in [2.05, 4.69) is 10.6 Å². The topological polar surface area (TPSA) is 162 Å². The number of allylic oxidation sites excluding steroid dienone is 1. The van der Waals surface area contributed by atoms with E-state index in [0.29, 0.717) is 35.0 Å². The molecule has 0 aromatic heterocycles. The van der Waals surface area contributed by atoms with Crippen molar-refractivity contribution < 1.29 is 38.6 Å². The Kier molecular flexibility index (Phi) is 13.7. The molecule has 3 N–H and O–H groups in total. The fourth-order valence-electron chi connectivity index (χ4n) is 5.67. The number of esters is 2. The number of dihydropyridines is 1. The number of benzene rings is 2. The number of ether oxygens (including phenoxy) is 4. The first-order chi connectivity index (χ1) is 23.0. The van der Waals surface area contributed by atoms with Gasteiger partial charge >= 0.3 is 11.9 Å². The molecule has 0 aliphatic carbocycles. The fourth-order valence-corrected chi connectivity index (χ4v) is 5.67. The number of para-hydroxylation sites is 2. The summed E-state index contributed by atoms with van der Waals surface area (Å²) in [6, 6.07) is 13.1. The van der Waals surface area contributed by atoms with Gasteiger partial charge in [-0.1, -0.05) is 24.3 Å². The number of aliphatic hydroxyl groups excluding tert-OH is 1.